The van der Waals surface area contributed by atoms with E-state index in [4.69, 9.17) is 5.73 Å². The van der Waals surface area contributed by atoms with Gasteiger partial charge in [-0.3, -0.25) is 24.0 Å². The van der Waals surface area contributed by atoms with Crippen LogP contribution in [0.3, 0.4) is 0 Å². The second kappa shape index (κ2) is 13.5. The van der Waals surface area contributed by atoms with Crippen molar-refractivity contribution in [3.05, 3.63) is 0 Å². The van der Waals surface area contributed by atoms with Crippen molar-refractivity contribution in [2.75, 3.05) is 39.3 Å². The summed E-state index contributed by atoms with van der Waals surface area (Å²) >= 11 is 0. The number of carboxylic acid groups (broad SMARTS) is 1. The summed E-state index contributed by atoms with van der Waals surface area (Å²) < 4.78 is 0. The maximum atomic E-state index is 13.4. The van der Waals surface area contributed by atoms with Crippen molar-refractivity contribution in [1.82, 2.24) is 24.9 Å². The minimum atomic E-state index is -1.28. The summed E-state index contributed by atoms with van der Waals surface area (Å²) in [5.41, 5.74) is 5.46. The summed E-state index contributed by atoms with van der Waals surface area (Å²) in [5, 5.41) is 52.4. The van der Waals surface area contributed by atoms with Crippen molar-refractivity contribution in [1.29, 1.82) is 0 Å². The Hall–Kier alpha value is -3.38. The average molecular weight is 613 g/mol. The lowest BCUT2D eigenvalue weighted by Crippen LogP contribution is -2.53. The zero-order chi connectivity index (χ0) is 31.6. The van der Waals surface area contributed by atoms with Gasteiger partial charge in [-0.25, -0.2) is 4.79 Å². The number of aliphatic hydroxyl groups excluding tert-OH is 4. The SMILES string of the molecule is NCCC(=O)N1C[C@H](O)C[C@H]1C(=O)N1C[C@H](O)C[C@H]1C(=O)NCCC(=O)N1C[C@H](O)C[C@H]1C(=O)N1C[C@H](O)C[C@H]1C(=O)O. The van der Waals surface area contributed by atoms with Crippen LogP contribution in [0.25, 0.3) is 0 Å². The van der Waals surface area contributed by atoms with Gasteiger partial charge in [0.15, 0.2) is 0 Å². The number of nitrogens with one attached hydrogen (secondary N) is 1. The molecule has 17 heteroatoms. The zero-order valence-electron chi connectivity index (χ0n) is 23.7. The molecule has 4 saturated heterocycles. The Morgan fingerprint density at radius 2 is 1.00 bits per heavy atom. The first kappa shape index (κ1) is 32.5. The zero-order valence-corrected chi connectivity index (χ0v) is 23.7. The molecule has 0 aromatic rings. The minimum Gasteiger partial charge on any atom is -0.480 e. The third kappa shape index (κ3) is 7.06. The van der Waals surface area contributed by atoms with E-state index in [9.17, 15) is 54.3 Å². The monoisotopic (exact) mass is 612 g/mol. The molecule has 8 N–H and O–H groups in total. The number of likely N-dealkylation sites (tertiary alicyclic amines) is 4. The molecule has 4 fully saturated rings. The van der Waals surface area contributed by atoms with Crippen molar-refractivity contribution in [2.24, 2.45) is 5.73 Å². The number of aliphatic hydroxyl groups is 4. The second-order valence-electron chi connectivity index (χ2n) is 11.6. The van der Waals surface area contributed by atoms with E-state index in [-0.39, 0.29) is 77.8 Å². The Kier molecular flexibility index (Phi) is 10.2. The largest absolute Gasteiger partial charge is 0.480 e. The molecule has 0 saturated carbocycles. The number of β-amino-alcohol motifs (C(OH)–C–C–N with tert-alkyl or cyclic N) is 4. The second-order valence-corrected chi connectivity index (χ2v) is 11.6. The summed E-state index contributed by atoms with van der Waals surface area (Å²) in [5.74, 6) is -4.18. The number of aliphatic carboxylic acids is 1. The third-order valence-corrected chi connectivity index (χ3v) is 8.48. The Balaban J connectivity index is 1.34. The van der Waals surface area contributed by atoms with Crippen molar-refractivity contribution < 1.29 is 54.3 Å². The van der Waals surface area contributed by atoms with Gasteiger partial charge in [0, 0.05) is 77.8 Å². The van der Waals surface area contributed by atoms with E-state index >= 15 is 0 Å². The van der Waals surface area contributed by atoms with Crippen LogP contribution >= 0.6 is 0 Å². The number of hydrogen-bond donors (Lipinski definition) is 7. The number of rotatable bonds is 9. The van der Waals surface area contributed by atoms with Gasteiger partial charge in [0.25, 0.3) is 0 Å². The first-order valence-corrected chi connectivity index (χ1v) is 14.4. The summed E-state index contributed by atoms with van der Waals surface area (Å²) in [7, 11) is 0. The smallest absolute Gasteiger partial charge is 0.326 e. The number of carbonyl (C=O) groups is 6. The minimum absolute atomic E-state index is 0.0162. The topological polar surface area (TPSA) is 255 Å². The van der Waals surface area contributed by atoms with Crippen LogP contribution in [0, 0.1) is 0 Å². The molecule has 0 aliphatic carbocycles. The Labute approximate surface area is 247 Å². The van der Waals surface area contributed by atoms with Crippen molar-refractivity contribution in [2.45, 2.75) is 87.1 Å². The molecule has 0 spiro atoms. The lowest BCUT2D eigenvalue weighted by molar-refractivity contribution is -0.151. The molecule has 0 unspecified atom stereocenters. The van der Waals surface area contributed by atoms with Crippen LogP contribution < -0.4 is 11.1 Å². The van der Waals surface area contributed by atoms with Crippen LogP contribution in [0.15, 0.2) is 0 Å². The highest BCUT2D eigenvalue weighted by Gasteiger charge is 2.48. The van der Waals surface area contributed by atoms with Crippen LogP contribution in [0.5, 0.6) is 0 Å². The predicted octanol–water partition coefficient (Wildman–Crippen LogP) is -5.23. The van der Waals surface area contributed by atoms with Crippen molar-refractivity contribution >= 4 is 35.5 Å². The molecule has 4 rings (SSSR count). The van der Waals surface area contributed by atoms with Gasteiger partial charge in [0.05, 0.1) is 24.4 Å². The van der Waals surface area contributed by atoms with E-state index in [1.54, 1.807) is 0 Å². The molecule has 4 aliphatic rings. The van der Waals surface area contributed by atoms with Crippen LogP contribution in [0.1, 0.15) is 38.5 Å². The molecular formula is C26H40N6O11. The van der Waals surface area contributed by atoms with Gasteiger partial charge in [-0.1, -0.05) is 0 Å². The highest BCUT2D eigenvalue weighted by atomic mass is 16.4. The van der Waals surface area contributed by atoms with Crippen LogP contribution in [-0.2, 0) is 28.8 Å². The number of carboxylic acids is 1. The number of amides is 5. The van der Waals surface area contributed by atoms with Gasteiger partial charge in [-0.2, -0.15) is 0 Å². The van der Waals surface area contributed by atoms with Gasteiger partial charge >= 0.3 is 5.97 Å². The first-order valence-electron chi connectivity index (χ1n) is 14.4. The fraction of sp³-hybridized carbons (Fsp3) is 0.769. The summed E-state index contributed by atoms with van der Waals surface area (Å²) in [4.78, 5) is 81.2. The summed E-state index contributed by atoms with van der Waals surface area (Å²) in [6.45, 7) is -0.700. The quantitative estimate of drug-likeness (QED) is 0.129. The summed E-state index contributed by atoms with van der Waals surface area (Å²) in [6, 6.07) is -4.47. The van der Waals surface area contributed by atoms with Gasteiger partial charge in [-0.15, -0.1) is 0 Å². The molecule has 0 aromatic carbocycles. The van der Waals surface area contributed by atoms with Crippen molar-refractivity contribution in [3.8, 4) is 0 Å². The average Bonchev–Trinajstić information content (AvgIpc) is 3.72. The normalized spacial score (nSPS) is 32.4. The Morgan fingerprint density at radius 3 is 1.47 bits per heavy atom. The number of hydrogen-bond acceptors (Lipinski definition) is 11. The summed E-state index contributed by atoms with van der Waals surface area (Å²) in [6.07, 6.45) is -4.59. The maximum absolute atomic E-state index is 13.4. The van der Waals surface area contributed by atoms with E-state index in [1.165, 1.54) is 9.80 Å². The van der Waals surface area contributed by atoms with E-state index in [1.807, 2.05) is 0 Å². The van der Waals surface area contributed by atoms with E-state index in [0.717, 1.165) is 9.80 Å². The molecule has 5 amide bonds. The van der Waals surface area contributed by atoms with Crippen LogP contribution in [-0.4, -0.2) is 168 Å². The fourth-order valence-corrected chi connectivity index (χ4v) is 6.45. The molecule has 17 nitrogen and oxygen atoms in total. The predicted molar refractivity (Wildman–Crippen MR) is 143 cm³/mol. The number of carbonyl (C=O) groups excluding carboxylic acids is 5. The maximum Gasteiger partial charge on any atom is 0.326 e. The Bertz CT molecular complexity index is 1120. The first-order chi connectivity index (χ1) is 20.3. The van der Waals surface area contributed by atoms with Gasteiger partial charge in [0.1, 0.15) is 24.2 Å². The molecule has 0 radical (unpaired) electrons. The van der Waals surface area contributed by atoms with Crippen LogP contribution in [0.4, 0.5) is 0 Å². The molecule has 4 aliphatic heterocycles. The Morgan fingerprint density at radius 1 is 0.605 bits per heavy atom. The molecule has 8 atom stereocenters. The van der Waals surface area contributed by atoms with Gasteiger partial charge < -0.3 is 56.2 Å². The van der Waals surface area contributed by atoms with Crippen molar-refractivity contribution in [3.63, 3.8) is 0 Å². The van der Waals surface area contributed by atoms with E-state index in [0.29, 0.717) is 0 Å². The van der Waals surface area contributed by atoms with Gasteiger partial charge in [0.2, 0.25) is 29.5 Å². The highest BCUT2D eigenvalue weighted by Crippen LogP contribution is 2.28. The highest BCUT2D eigenvalue weighted by molar-refractivity contribution is 5.94. The number of nitrogens with zero attached hydrogens (tertiary/aromatic N) is 4. The fourth-order valence-electron chi connectivity index (χ4n) is 6.45. The lowest BCUT2D eigenvalue weighted by atomic mass is 10.1. The molecule has 0 bridgehead atoms. The standard InChI is InChI=1S/C26H40N6O11/c27-3-1-21(37)29-9-14(34)6-18(29)24(40)31-11-13(33)5-17(31)23(39)28-4-2-22(38)30-10-15(35)7-19(30)25(41)32-12-16(36)8-20(32)26(42)43/h13-20,33-36H,1-12,27H2,(H,28,39)(H,42,43)/t13-,14-,15-,16-,17+,18+,19+,20+/m1/s1. The molecular weight excluding hydrogens is 572 g/mol. The van der Waals surface area contributed by atoms with Gasteiger partial charge in [-0.05, 0) is 0 Å². The molecule has 0 aromatic heterocycles. The molecule has 240 valence electrons. The van der Waals surface area contributed by atoms with Crippen LogP contribution in [0.2, 0.25) is 0 Å². The third-order valence-electron chi connectivity index (χ3n) is 8.48. The van der Waals surface area contributed by atoms with E-state index in [2.05, 4.69) is 5.32 Å². The molecule has 43 heavy (non-hydrogen) atoms. The molecule has 4 heterocycles. The lowest BCUT2D eigenvalue weighted by Gasteiger charge is -2.31. The van der Waals surface area contributed by atoms with E-state index < -0.39 is 84.1 Å². The number of nitrogens with two attached hydrogens (primary N) is 1.